The summed E-state index contributed by atoms with van der Waals surface area (Å²) in [5.74, 6) is 1.47. The lowest BCUT2D eigenvalue weighted by Gasteiger charge is -2.01. The second-order valence-corrected chi connectivity index (χ2v) is 3.86. The van der Waals surface area contributed by atoms with Gasteiger partial charge in [-0.25, -0.2) is 0 Å². The van der Waals surface area contributed by atoms with Crippen molar-refractivity contribution in [3.8, 4) is 0 Å². The van der Waals surface area contributed by atoms with Crippen LogP contribution >= 0.6 is 0 Å². The highest BCUT2D eigenvalue weighted by atomic mass is 16.3. The maximum Gasteiger partial charge on any atom is 0.0751 e. The number of rotatable bonds is 0. The van der Waals surface area contributed by atoms with Gasteiger partial charge in [0.2, 0.25) is 0 Å². The molecule has 1 heteroatoms. The molecule has 0 aliphatic heterocycles. The molecule has 0 unspecified atom stereocenters. The van der Waals surface area contributed by atoms with Gasteiger partial charge in [-0.05, 0) is 31.1 Å². The third kappa shape index (κ3) is 1.64. The molecule has 1 N–H and O–H groups in total. The predicted octanol–water partition coefficient (Wildman–Crippen LogP) is 2.11. The van der Waals surface area contributed by atoms with Gasteiger partial charge in [0, 0.05) is 0 Å². The SMILES string of the molecule is O[C@@H]1/C=C/CCCC[C@H]2C[C@@H]21. The average molecular weight is 152 g/mol. The summed E-state index contributed by atoms with van der Waals surface area (Å²) in [7, 11) is 0. The first-order valence-electron chi connectivity index (χ1n) is 4.72. The smallest absolute Gasteiger partial charge is 0.0751 e. The van der Waals surface area contributed by atoms with Crippen molar-refractivity contribution >= 4 is 0 Å². The third-order valence-corrected chi connectivity index (χ3v) is 2.94. The molecule has 1 fully saturated rings. The van der Waals surface area contributed by atoms with Crippen LogP contribution in [0.4, 0.5) is 0 Å². The quantitative estimate of drug-likeness (QED) is 0.527. The Morgan fingerprint density at radius 2 is 2.18 bits per heavy atom. The summed E-state index contributed by atoms with van der Waals surface area (Å²) in [6.45, 7) is 0. The molecule has 2 aliphatic carbocycles. The molecular weight excluding hydrogens is 136 g/mol. The van der Waals surface area contributed by atoms with Crippen LogP contribution < -0.4 is 0 Å². The summed E-state index contributed by atoms with van der Waals surface area (Å²) in [5, 5.41) is 9.56. The second-order valence-electron chi connectivity index (χ2n) is 3.86. The van der Waals surface area contributed by atoms with E-state index in [0.29, 0.717) is 5.92 Å². The largest absolute Gasteiger partial charge is 0.389 e. The maximum atomic E-state index is 9.56. The lowest BCUT2D eigenvalue weighted by molar-refractivity contribution is 0.192. The standard InChI is InChI=1S/C10H16O/c11-10-6-4-2-1-3-5-8-7-9(8)10/h4,6,8-11H,1-3,5,7H2/b6-4+/t8-,9-,10+/m0/s1. The van der Waals surface area contributed by atoms with E-state index in [4.69, 9.17) is 0 Å². The monoisotopic (exact) mass is 152 g/mol. The van der Waals surface area contributed by atoms with Crippen molar-refractivity contribution in [1.82, 2.24) is 0 Å². The first-order valence-corrected chi connectivity index (χ1v) is 4.72. The summed E-state index contributed by atoms with van der Waals surface area (Å²) >= 11 is 0. The Kier molecular flexibility index (Phi) is 1.99. The van der Waals surface area contributed by atoms with Gasteiger partial charge >= 0.3 is 0 Å². The molecule has 2 aliphatic rings. The highest BCUT2D eigenvalue weighted by molar-refractivity contribution is 5.02. The molecule has 0 bridgehead atoms. The Morgan fingerprint density at radius 1 is 1.27 bits per heavy atom. The third-order valence-electron chi connectivity index (χ3n) is 2.94. The summed E-state index contributed by atoms with van der Waals surface area (Å²) in [4.78, 5) is 0. The summed E-state index contributed by atoms with van der Waals surface area (Å²) in [6.07, 6.45) is 10.5. The van der Waals surface area contributed by atoms with Gasteiger partial charge in [-0.2, -0.15) is 0 Å². The van der Waals surface area contributed by atoms with Crippen LogP contribution in [0.1, 0.15) is 32.1 Å². The minimum Gasteiger partial charge on any atom is -0.389 e. The minimum absolute atomic E-state index is 0.127. The molecule has 3 atom stereocenters. The van der Waals surface area contributed by atoms with Crippen LogP contribution in [-0.4, -0.2) is 11.2 Å². The molecule has 0 aromatic carbocycles. The van der Waals surface area contributed by atoms with Crippen LogP contribution in [0, 0.1) is 11.8 Å². The Bertz CT molecular complexity index is 162. The molecular formula is C10H16O. The van der Waals surface area contributed by atoms with E-state index in [9.17, 15) is 5.11 Å². The first-order chi connectivity index (χ1) is 5.38. The highest BCUT2D eigenvalue weighted by Gasteiger charge is 2.40. The zero-order valence-electron chi connectivity index (χ0n) is 6.87. The van der Waals surface area contributed by atoms with Crippen LogP contribution in [0.2, 0.25) is 0 Å². The number of aliphatic hydroxyl groups is 1. The van der Waals surface area contributed by atoms with Gasteiger partial charge in [0.25, 0.3) is 0 Å². The van der Waals surface area contributed by atoms with E-state index in [1.807, 2.05) is 6.08 Å². The zero-order valence-corrected chi connectivity index (χ0v) is 6.87. The number of fused-ring (bicyclic) bond motifs is 1. The molecule has 1 saturated carbocycles. The Labute approximate surface area is 68.1 Å². The highest BCUT2D eigenvalue weighted by Crippen LogP contribution is 2.45. The fourth-order valence-corrected chi connectivity index (χ4v) is 2.07. The van der Waals surface area contributed by atoms with Crippen molar-refractivity contribution in [1.29, 1.82) is 0 Å². The van der Waals surface area contributed by atoms with E-state index in [1.54, 1.807) is 0 Å². The van der Waals surface area contributed by atoms with Gasteiger partial charge in [0.15, 0.2) is 0 Å². The molecule has 0 aromatic heterocycles. The lowest BCUT2D eigenvalue weighted by atomic mass is 10.1. The van der Waals surface area contributed by atoms with E-state index in [1.165, 1.54) is 25.7 Å². The van der Waals surface area contributed by atoms with E-state index in [0.717, 1.165) is 12.3 Å². The molecule has 62 valence electrons. The van der Waals surface area contributed by atoms with Crippen LogP contribution in [0.25, 0.3) is 0 Å². The molecule has 0 aromatic rings. The molecule has 2 rings (SSSR count). The second kappa shape index (κ2) is 2.98. The normalized spacial score (nSPS) is 46.5. The van der Waals surface area contributed by atoms with Crippen molar-refractivity contribution in [2.75, 3.05) is 0 Å². The van der Waals surface area contributed by atoms with Crippen molar-refractivity contribution in [2.45, 2.75) is 38.2 Å². The van der Waals surface area contributed by atoms with Crippen LogP contribution in [-0.2, 0) is 0 Å². The number of hydrogen-bond acceptors (Lipinski definition) is 1. The molecule has 0 saturated heterocycles. The molecule has 0 heterocycles. The van der Waals surface area contributed by atoms with E-state index >= 15 is 0 Å². The van der Waals surface area contributed by atoms with Gasteiger partial charge in [0.1, 0.15) is 0 Å². The molecule has 0 spiro atoms. The Morgan fingerprint density at radius 3 is 3.09 bits per heavy atom. The Hall–Kier alpha value is -0.300. The first kappa shape index (κ1) is 7.35. The van der Waals surface area contributed by atoms with Crippen molar-refractivity contribution in [2.24, 2.45) is 11.8 Å². The summed E-state index contributed by atoms with van der Waals surface area (Å²) in [5.41, 5.74) is 0. The van der Waals surface area contributed by atoms with Crippen LogP contribution in [0.3, 0.4) is 0 Å². The van der Waals surface area contributed by atoms with Gasteiger partial charge < -0.3 is 5.11 Å². The fourth-order valence-electron chi connectivity index (χ4n) is 2.07. The van der Waals surface area contributed by atoms with Gasteiger partial charge in [-0.15, -0.1) is 0 Å². The lowest BCUT2D eigenvalue weighted by Crippen LogP contribution is -2.05. The van der Waals surface area contributed by atoms with Crippen molar-refractivity contribution < 1.29 is 5.11 Å². The van der Waals surface area contributed by atoms with Gasteiger partial charge in [-0.1, -0.05) is 25.0 Å². The van der Waals surface area contributed by atoms with Crippen LogP contribution in [0.15, 0.2) is 12.2 Å². The Balaban J connectivity index is 1.95. The van der Waals surface area contributed by atoms with E-state index in [2.05, 4.69) is 6.08 Å². The maximum absolute atomic E-state index is 9.56. The topological polar surface area (TPSA) is 20.2 Å². The van der Waals surface area contributed by atoms with Gasteiger partial charge in [-0.3, -0.25) is 0 Å². The molecule has 0 amide bonds. The summed E-state index contributed by atoms with van der Waals surface area (Å²) in [6, 6.07) is 0. The number of allylic oxidation sites excluding steroid dienone is 1. The van der Waals surface area contributed by atoms with E-state index < -0.39 is 0 Å². The number of aliphatic hydroxyl groups excluding tert-OH is 1. The molecule has 11 heavy (non-hydrogen) atoms. The number of hydrogen-bond donors (Lipinski definition) is 1. The van der Waals surface area contributed by atoms with Crippen molar-refractivity contribution in [3.05, 3.63) is 12.2 Å². The summed E-state index contributed by atoms with van der Waals surface area (Å²) < 4.78 is 0. The minimum atomic E-state index is -0.127. The predicted molar refractivity (Wildman–Crippen MR) is 45.2 cm³/mol. The van der Waals surface area contributed by atoms with Gasteiger partial charge in [0.05, 0.1) is 6.10 Å². The molecule has 0 radical (unpaired) electrons. The fraction of sp³-hybridized carbons (Fsp3) is 0.800. The van der Waals surface area contributed by atoms with E-state index in [-0.39, 0.29) is 6.10 Å². The average Bonchev–Trinajstić information content (AvgIpc) is 2.74. The molecule has 1 nitrogen and oxygen atoms in total. The van der Waals surface area contributed by atoms with Crippen molar-refractivity contribution in [3.63, 3.8) is 0 Å². The van der Waals surface area contributed by atoms with Crippen LogP contribution in [0.5, 0.6) is 0 Å². The zero-order chi connectivity index (χ0) is 7.68.